The third kappa shape index (κ3) is 4.30. The lowest BCUT2D eigenvalue weighted by Gasteiger charge is -2.19. The van der Waals surface area contributed by atoms with Gasteiger partial charge in [-0.05, 0) is 38.5 Å². The van der Waals surface area contributed by atoms with E-state index in [1.54, 1.807) is 12.1 Å². The van der Waals surface area contributed by atoms with Crippen LogP contribution in [0.5, 0.6) is 5.75 Å². The van der Waals surface area contributed by atoms with E-state index in [2.05, 4.69) is 10.4 Å². The summed E-state index contributed by atoms with van der Waals surface area (Å²) in [7, 11) is 0. The van der Waals surface area contributed by atoms with E-state index >= 15 is 0 Å². The molecule has 1 heterocycles. The van der Waals surface area contributed by atoms with Gasteiger partial charge in [-0.2, -0.15) is 5.10 Å². The monoisotopic (exact) mass is 365 g/mol. The molecule has 0 unspecified atom stereocenters. The molecule has 0 fully saturated rings. The van der Waals surface area contributed by atoms with Crippen molar-refractivity contribution in [2.45, 2.75) is 32.7 Å². The number of nitrogens with one attached hydrogen (secondary N) is 1. The smallest absolute Gasteiger partial charge is 0.331 e. The van der Waals surface area contributed by atoms with Gasteiger partial charge in [0.15, 0.2) is 5.54 Å². The first-order valence-electron chi connectivity index (χ1n) is 7.78. The normalized spacial score (nSPS) is 11.2. The highest BCUT2D eigenvalue weighted by atomic mass is 35.5. The summed E-state index contributed by atoms with van der Waals surface area (Å²) in [4.78, 5) is 23.8. The Balaban J connectivity index is 2.22. The highest BCUT2D eigenvalue weighted by Crippen LogP contribution is 2.25. The standard InChI is InChI=1S/C17H20ClN3O4/c1-4-7-25-14-6-5-11(18)8-13(14)15(22)20-12-9-19-21(10-12)17(2,3)16(23)24/h5-6,8-10H,4,7H2,1-3H3,(H,20,22)(H,23,24). The van der Waals surface area contributed by atoms with Crippen LogP contribution in [0.25, 0.3) is 0 Å². The van der Waals surface area contributed by atoms with Crippen LogP contribution in [0.1, 0.15) is 37.6 Å². The van der Waals surface area contributed by atoms with Crippen LogP contribution < -0.4 is 10.1 Å². The molecule has 7 nitrogen and oxygen atoms in total. The van der Waals surface area contributed by atoms with E-state index in [1.165, 1.54) is 37.0 Å². The van der Waals surface area contributed by atoms with E-state index in [9.17, 15) is 14.7 Å². The molecule has 0 bridgehead atoms. The van der Waals surface area contributed by atoms with Crippen LogP contribution in [-0.4, -0.2) is 33.4 Å². The number of aliphatic carboxylic acids is 1. The molecule has 134 valence electrons. The fourth-order valence-electron chi connectivity index (χ4n) is 2.01. The average Bonchev–Trinajstić information content (AvgIpc) is 3.02. The van der Waals surface area contributed by atoms with E-state index in [-0.39, 0.29) is 0 Å². The Morgan fingerprint density at radius 1 is 1.40 bits per heavy atom. The summed E-state index contributed by atoms with van der Waals surface area (Å²) in [5, 5.41) is 16.3. The summed E-state index contributed by atoms with van der Waals surface area (Å²) >= 11 is 5.98. The maximum Gasteiger partial charge on any atom is 0.331 e. The van der Waals surface area contributed by atoms with Crippen molar-refractivity contribution < 1.29 is 19.4 Å². The van der Waals surface area contributed by atoms with Crippen LogP contribution in [0.3, 0.4) is 0 Å². The molecule has 25 heavy (non-hydrogen) atoms. The zero-order chi connectivity index (χ0) is 18.6. The summed E-state index contributed by atoms with van der Waals surface area (Å²) < 4.78 is 6.85. The van der Waals surface area contributed by atoms with Crippen molar-refractivity contribution in [2.24, 2.45) is 0 Å². The van der Waals surface area contributed by atoms with Gasteiger partial charge in [-0.15, -0.1) is 0 Å². The summed E-state index contributed by atoms with van der Waals surface area (Å²) in [6.07, 6.45) is 3.66. The first-order chi connectivity index (χ1) is 11.8. The minimum absolute atomic E-state index is 0.297. The zero-order valence-corrected chi connectivity index (χ0v) is 15.0. The van der Waals surface area contributed by atoms with Gasteiger partial charge in [-0.3, -0.25) is 9.48 Å². The maximum absolute atomic E-state index is 12.5. The molecule has 1 aromatic carbocycles. The Labute approximate surface area is 150 Å². The van der Waals surface area contributed by atoms with Gasteiger partial charge in [0.1, 0.15) is 5.75 Å². The zero-order valence-electron chi connectivity index (χ0n) is 14.2. The first kappa shape index (κ1) is 18.8. The van der Waals surface area contributed by atoms with Gasteiger partial charge < -0.3 is 15.2 Å². The molecular formula is C17H20ClN3O4. The van der Waals surface area contributed by atoms with E-state index < -0.39 is 17.4 Å². The van der Waals surface area contributed by atoms with Gasteiger partial charge in [-0.1, -0.05) is 18.5 Å². The first-order valence-corrected chi connectivity index (χ1v) is 8.15. The number of hydrogen-bond acceptors (Lipinski definition) is 4. The van der Waals surface area contributed by atoms with Crippen LogP contribution in [0.15, 0.2) is 30.6 Å². The topological polar surface area (TPSA) is 93.5 Å². The number of rotatable bonds is 7. The predicted octanol–water partition coefficient (Wildman–Crippen LogP) is 3.40. The van der Waals surface area contributed by atoms with Crippen molar-refractivity contribution in [2.75, 3.05) is 11.9 Å². The van der Waals surface area contributed by atoms with E-state index in [4.69, 9.17) is 16.3 Å². The van der Waals surface area contributed by atoms with Crippen molar-refractivity contribution in [3.8, 4) is 5.75 Å². The van der Waals surface area contributed by atoms with Crippen LogP contribution in [0, 0.1) is 0 Å². The Bertz CT molecular complexity index is 786. The average molecular weight is 366 g/mol. The molecule has 0 aliphatic rings. The molecular weight excluding hydrogens is 346 g/mol. The maximum atomic E-state index is 12.5. The summed E-state index contributed by atoms with van der Waals surface area (Å²) in [5.74, 6) is -1.01. The predicted molar refractivity (Wildman–Crippen MR) is 94.4 cm³/mol. The number of benzene rings is 1. The number of ether oxygens (including phenoxy) is 1. The van der Waals surface area contributed by atoms with Gasteiger partial charge >= 0.3 is 5.97 Å². The van der Waals surface area contributed by atoms with Crippen molar-refractivity contribution in [3.05, 3.63) is 41.2 Å². The number of amides is 1. The Kier molecular flexibility index (Phi) is 5.69. The fraction of sp³-hybridized carbons (Fsp3) is 0.353. The lowest BCUT2D eigenvalue weighted by Crippen LogP contribution is -2.35. The number of carboxylic acid groups (broad SMARTS) is 1. The molecule has 2 aromatic rings. The Hall–Kier alpha value is -2.54. The second-order valence-corrected chi connectivity index (χ2v) is 6.42. The van der Waals surface area contributed by atoms with Crippen LogP contribution >= 0.6 is 11.6 Å². The van der Waals surface area contributed by atoms with Gasteiger partial charge in [-0.25, -0.2) is 4.79 Å². The van der Waals surface area contributed by atoms with Gasteiger partial charge in [0.25, 0.3) is 5.91 Å². The van der Waals surface area contributed by atoms with Crippen LogP contribution in [0.2, 0.25) is 5.02 Å². The lowest BCUT2D eigenvalue weighted by molar-refractivity contribution is -0.146. The molecule has 0 atom stereocenters. The van der Waals surface area contributed by atoms with E-state index in [1.807, 2.05) is 6.92 Å². The van der Waals surface area contributed by atoms with Crippen LogP contribution in [-0.2, 0) is 10.3 Å². The molecule has 0 aliphatic carbocycles. The largest absolute Gasteiger partial charge is 0.493 e. The fourth-order valence-corrected chi connectivity index (χ4v) is 2.18. The summed E-state index contributed by atoms with van der Waals surface area (Å²) in [6.45, 7) is 5.48. The summed E-state index contributed by atoms with van der Waals surface area (Å²) in [5.41, 5.74) is -0.555. The molecule has 2 N–H and O–H groups in total. The highest BCUT2D eigenvalue weighted by Gasteiger charge is 2.30. The number of carboxylic acids is 1. The molecule has 1 amide bonds. The van der Waals surface area contributed by atoms with Gasteiger partial charge in [0.2, 0.25) is 0 Å². The van der Waals surface area contributed by atoms with Crippen molar-refractivity contribution in [3.63, 3.8) is 0 Å². The number of carbonyl (C=O) groups excluding carboxylic acids is 1. The highest BCUT2D eigenvalue weighted by molar-refractivity contribution is 6.31. The number of carbonyl (C=O) groups is 2. The van der Waals surface area contributed by atoms with Crippen LogP contribution in [0.4, 0.5) is 5.69 Å². The van der Waals surface area contributed by atoms with E-state index in [0.717, 1.165) is 6.42 Å². The molecule has 0 radical (unpaired) electrons. The second kappa shape index (κ2) is 7.57. The summed E-state index contributed by atoms with van der Waals surface area (Å²) in [6, 6.07) is 4.81. The lowest BCUT2D eigenvalue weighted by atomic mass is 10.1. The third-order valence-electron chi connectivity index (χ3n) is 3.58. The minimum Gasteiger partial charge on any atom is -0.493 e. The van der Waals surface area contributed by atoms with Gasteiger partial charge in [0, 0.05) is 11.2 Å². The minimum atomic E-state index is -1.23. The van der Waals surface area contributed by atoms with Crippen molar-refractivity contribution >= 4 is 29.2 Å². The van der Waals surface area contributed by atoms with Crippen molar-refractivity contribution in [1.29, 1.82) is 0 Å². The number of anilines is 1. The number of hydrogen-bond donors (Lipinski definition) is 2. The molecule has 1 aromatic heterocycles. The molecule has 0 spiro atoms. The quantitative estimate of drug-likeness (QED) is 0.784. The number of halogens is 1. The van der Waals surface area contributed by atoms with Crippen molar-refractivity contribution in [1.82, 2.24) is 9.78 Å². The molecule has 2 rings (SSSR count). The molecule has 0 saturated heterocycles. The Morgan fingerprint density at radius 2 is 2.12 bits per heavy atom. The Morgan fingerprint density at radius 3 is 2.76 bits per heavy atom. The number of nitrogens with zero attached hydrogens (tertiary/aromatic N) is 2. The number of aromatic nitrogens is 2. The molecule has 0 saturated carbocycles. The second-order valence-electron chi connectivity index (χ2n) is 5.98. The van der Waals surface area contributed by atoms with Gasteiger partial charge in [0.05, 0.1) is 24.1 Å². The molecule has 8 heteroatoms. The molecule has 0 aliphatic heterocycles. The van der Waals surface area contributed by atoms with E-state index in [0.29, 0.717) is 28.6 Å². The SMILES string of the molecule is CCCOc1ccc(Cl)cc1C(=O)Nc1cnn(C(C)(C)C(=O)O)c1. The third-order valence-corrected chi connectivity index (χ3v) is 3.82.